The molecule has 1 aromatic heterocycles. The first-order chi connectivity index (χ1) is 11.2. The third-order valence-electron chi connectivity index (χ3n) is 4.06. The van der Waals surface area contributed by atoms with E-state index in [2.05, 4.69) is 15.2 Å². The van der Waals surface area contributed by atoms with Gasteiger partial charge in [-0.3, -0.25) is 4.79 Å². The molecule has 1 amide bonds. The number of pyridine rings is 1. The highest BCUT2D eigenvalue weighted by Gasteiger charge is 2.12. The lowest BCUT2D eigenvalue weighted by atomic mass is 10.1. The number of nitrogens with two attached hydrogens (primary N) is 1. The molecular weight excluding hydrogens is 288 g/mol. The lowest BCUT2D eigenvalue weighted by Gasteiger charge is -2.27. The van der Waals surface area contributed by atoms with Crippen LogP contribution in [0.15, 0.2) is 42.6 Å². The van der Waals surface area contributed by atoms with Crippen LogP contribution in [0.4, 0.5) is 17.2 Å². The van der Waals surface area contributed by atoms with Gasteiger partial charge in [-0.25, -0.2) is 4.98 Å². The van der Waals surface area contributed by atoms with Crippen molar-refractivity contribution in [3.05, 3.63) is 48.2 Å². The van der Waals surface area contributed by atoms with Gasteiger partial charge in [-0.15, -0.1) is 0 Å². The summed E-state index contributed by atoms with van der Waals surface area (Å²) in [5.74, 6) is 0.934. The van der Waals surface area contributed by atoms with Crippen molar-refractivity contribution in [3.8, 4) is 0 Å². The second-order valence-electron chi connectivity index (χ2n) is 5.92. The summed E-state index contributed by atoms with van der Waals surface area (Å²) in [6.07, 6.45) is 5.80. The zero-order chi connectivity index (χ0) is 16.1. The Bertz CT molecular complexity index is 646. The van der Waals surface area contributed by atoms with Crippen LogP contribution in [0, 0.1) is 0 Å². The topological polar surface area (TPSA) is 71.2 Å². The molecule has 0 unspecified atom stereocenters. The fourth-order valence-corrected chi connectivity index (χ4v) is 2.80. The van der Waals surface area contributed by atoms with E-state index >= 15 is 0 Å². The lowest BCUT2D eigenvalue weighted by Crippen LogP contribution is -2.30. The van der Waals surface area contributed by atoms with Gasteiger partial charge in [-0.05, 0) is 49.1 Å². The maximum atomic E-state index is 12.1. The van der Waals surface area contributed by atoms with Crippen LogP contribution in [0.3, 0.4) is 0 Å². The van der Waals surface area contributed by atoms with E-state index in [-0.39, 0.29) is 5.91 Å². The quantitative estimate of drug-likeness (QED) is 0.852. The minimum absolute atomic E-state index is 0.0534. The predicted octanol–water partition coefficient (Wildman–Crippen LogP) is 2.84. The number of carbonyl (C=O) groups excluding carboxylic acids is 1. The Kier molecular flexibility index (Phi) is 4.76. The van der Waals surface area contributed by atoms with Crippen LogP contribution in [0.5, 0.6) is 0 Å². The minimum atomic E-state index is -0.0534. The maximum Gasteiger partial charge on any atom is 0.228 e. The van der Waals surface area contributed by atoms with Gasteiger partial charge < -0.3 is 16.0 Å². The van der Waals surface area contributed by atoms with E-state index in [9.17, 15) is 4.79 Å². The summed E-state index contributed by atoms with van der Waals surface area (Å²) < 4.78 is 0. The summed E-state index contributed by atoms with van der Waals surface area (Å²) in [4.78, 5) is 18.8. The van der Waals surface area contributed by atoms with Gasteiger partial charge in [0.1, 0.15) is 5.82 Å². The van der Waals surface area contributed by atoms with E-state index in [0.29, 0.717) is 12.1 Å². The Morgan fingerprint density at radius 3 is 2.48 bits per heavy atom. The molecule has 5 heteroatoms. The van der Waals surface area contributed by atoms with Crippen LogP contribution in [0.1, 0.15) is 24.8 Å². The molecule has 3 rings (SSSR count). The third-order valence-corrected chi connectivity index (χ3v) is 4.06. The predicted molar refractivity (Wildman–Crippen MR) is 93.5 cm³/mol. The van der Waals surface area contributed by atoms with Crippen molar-refractivity contribution in [2.24, 2.45) is 0 Å². The van der Waals surface area contributed by atoms with Gasteiger partial charge in [-0.2, -0.15) is 0 Å². The van der Waals surface area contributed by atoms with Crippen LogP contribution in [0.25, 0.3) is 0 Å². The Hall–Kier alpha value is -2.56. The number of nitrogens with one attached hydrogen (secondary N) is 1. The number of anilines is 3. The highest BCUT2D eigenvalue weighted by atomic mass is 16.1. The van der Waals surface area contributed by atoms with Crippen LogP contribution >= 0.6 is 0 Å². The number of hydrogen-bond acceptors (Lipinski definition) is 4. The number of piperidine rings is 1. The highest BCUT2D eigenvalue weighted by Crippen LogP contribution is 2.19. The summed E-state index contributed by atoms with van der Waals surface area (Å²) in [6.45, 7) is 2.13. The number of carbonyl (C=O) groups is 1. The first-order valence-corrected chi connectivity index (χ1v) is 8.06. The number of nitrogens with zero attached hydrogens (tertiary/aromatic N) is 2. The number of rotatable bonds is 4. The van der Waals surface area contributed by atoms with Crippen molar-refractivity contribution in [2.75, 3.05) is 29.0 Å². The third kappa shape index (κ3) is 4.22. The summed E-state index contributed by atoms with van der Waals surface area (Å²) >= 11 is 0. The molecule has 2 aromatic rings. The maximum absolute atomic E-state index is 12.1. The van der Waals surface area contributed by atoms with Gasteiger partial charge in [0.2, 0.25) is 5.91 Å². The van der Waals surface area contributed by atoms with Crippen molar-refractivity contribution < 1.29 is 4.79 Å². The Morgan fingerprint density at radius 1 is 1.09 bits per heavy atom. The van der Waals surface area contributed by atoms with Crippen molar-refractivity contribution in [1.29, 1.82) is 0 Å². The van der Waals surface area contributed by atoms with E-state index in [0.717, 1.165) is 30.2 Å². The van der Waals surface area contributed by atoms with E-state index < -0.39 is 0 Å². The molecule has 0 bridgehead atoms. The molecule has 0 aliphatic carbocycles. The molecule has 0 atom stereocenters. The second kappa shape index (κ2) is 7.13. The summed E-state index contributed by atoms with van der Waals surface area (Å²) in [5, 5.41) is 2.88. The van der Waals surface area contributed by atoms with Crippen molar-refractivity contribution in [2.45, 2.75) is 25.7 Å². The average molecular weight is 310 g/mol. The van der Waals surface area contributed by atoms with E-state index in [1.807, 2.05) is 24.3 Å². The lowest BCUT2D eigenvalue weighted by molar-refractivity contribution is -0.115. The van der Waals surface area contributed by atoms with Gasteiger partial charge in [0.25, 0.3) is 0 Å². The zero-order valence-electron chi connectivity index (χ0n) is 13.2. The monoisotopic (exact) mass is 310 g/mol. The van der Waals surface area contributed by atoms with Gasteiger partial charge in [0.05, 0.1) is 18.3 Å². The van der Waals surface area contributed by atoms with Crippen LogP contribution in [-0.2, 0) is 11.2 Å². The smallest absolute Gasteiger partial charge is 0.228 e. The van der Waals surface area contributed by atoms with E-state index in [1.54, 1.807) is 18.3 Å². The second-order valence-corrected chi connectivity index (χ2v) is 5.92. The van der Waals surface area contributed by atoms with E-state index in [1.165, 1.54) is 19.3 Å². The molecule has 0 spiro atoms. The van der Waals surface area contributed by atoms with Gasteiger partial charge in [-0.1, -0.05) is 12.1 Å². The number of benzene rings is 1. The molecular formula is C18H22N4O. The first kappa shape index (κ1) is 15.3. The molecule has 2 heterocycles. The molecule has 3 N–H and O–H groups in total. The highest BCUT2D eigenvalue weighted by molar-refractivity contribution is 5.92. The zero-order valence-corrected chi connectivity index (χ0v) is 13.2. The molecule has 5 nitrogen and oxygen atoms in total. The van der Waals surface area contributed by atoms with Crippen molar-refractivity contribution in [3.63, 3.8) is 0 Å². The number of hydrogen-bond donors (Lipinski definition) is 2. The number of nitrogen functional groups attached to an aromatic ring is 1. The fraction of sp³-hybridized carbons (Fsp3) is 0.333. The first-order valence-electron chi connectivity index (χ1n) is 8.06. The minimum Gasteiger partial charge on any atom is -0.399 e. The SMILES string of the molecule is Nc1ccc(CC(=O)Nc2ccc(N3CCCCC3)nc2)cc1. The van der Waals surface area contributed by atoms with Gasteiger partial charge in [0, 0.05) is 18.8 Å². The molecule has 1 aromatic carbocycles. The molecule has 0 saturated carbocycles. The van der Waals surface area contributed by atoms with Crippen LogP contribution < -0.4 is 16.0 Å². The van der Waals surface area contributed by atoms with Crippen molar-refractivity contribution in [1.82, 2.24) is 4.98 Å². The fourth-order valence-electron chi connectivity index (χ4n) is 2.80. The summed E-state index contributed by atoms with van der Waals surface area (Å²) in [5.41, 5.74) is 8.01. The Balaban J connectivity index is 1.57. The number of amides is 1. The molecule has 1 aliphatic heterocycles. The molecule has 0 radical (unpaired) electrons. The molecule has 23 heavy (non-hydrogen) atoms. The standard InChI is InChI=1S/C18H22N4O/c19-15-6-4-14(5-7-15)12-18(23)21-16-8-9-17(20-13-16)22-10-2-1-3-11-22/h4-9,13H,1-3,10-12,19H2,(H,21,23). The average Bonchev–Trinajstić information content (AvgIpc) is 2.58. The molecule has 120 valence electrons. The van der Waals surface area contributed by atoms with Gasteiger partial charge in [0.15, 0.2) is 0 Å². The Morgan fingerprint density at radius 2 is 1.83 bits per heavy atom. The van der Waals surface area contributed by atoms with Crippen LogP contribution in [-0.4, -0.2) is 24.0 Å². The summed E-state index contributed by atoms with van der Waals surface area (Å²) in [6, 6.07) is 11.2. The Labute approximate surface area is 136 Å². The van der Waals surface area contributed by atoms with Gasteiger partial charge >= 0.3 is 0 Å². The molecule has 1 aliphatic rings. The number of aromatic nitrogens is 1. The molecule has 1 saturated heterocycles. The molecule has 1 fully saturated rings. The van der Waals surface area contributed by atoms with Crippen LogP contribution in [0.2, 0.25) is 0 Å². The summed E-state index contributed by atoms with van der Waals surface area (Å²) in [7, 11) is 0. The van der Waals surface area contributed by atoms with E-state index in [4.69, 9.17) is 5.73 Å². The largest absolute Gasteiger partial charge is 0.399 e. The van der Waals surface area contributed by atoms with Crippen molar-refractivity contribution >= 4 is 23.1 Å². The normalized spacial score (nSPS) is 14.5.